The van der Waals surface area contributed by atoms with E-state index in [2.05, 4.69) is 32.9 Å². The number of nitrogens with one attached hydrogen (secondary N) is 1. The van der Waals surface area contributed by atoms with Crippen LogP contribution in [0.3, 0.4) is 0 Å². The van der Waals surface area contributed by atoms with Crippen LogP contribution in [0.5, 0.6) is 5.75 Å². The Labute approximate surface area is 148 Å². The highest BCUT2D eigenvalue weighted by molar-refractivity contribution is 14.1. The second kappa shape index (κ2) is 7.00. The quantitative estimate of drug-likeness (QED) is 0.721. The fraction of sp³-hybridized carbons (Fsp3) is 0.375. The predicted octanol–water partition coefficient (Wildman–Crippen LogP) is 4.18. The largest absolute Gasteiger partial charge is 0.480 e. The fourth-order valence-electron chi connectivity index (χ4n) is 1.92. The average molecular weight is 433 g/mol. The van der Waals surface area contributed by atoms with E-state index in [4.69, 9.17) is 16.3 Å². The molecule has 0 unspecified atom stereocenters. The van der Waals surface area contributed by atoms with Gasteiger partial charge >= 0.3 is 0 Å². The predicted molar refractivity (Wildman–Crippen MR) is 97.5 cm³/mol. The smallest absolute Gasteiger partial charge is 0.258 e. The number of rotatable bonds is 5. The van der Waals surface area contributed by atoms with Crippen molar-refractivity contribution in [2.45, 2.75) is 32.7 Å². The molecule has 0 atom stereocenters. The van der Waals surface area contributed by atoms with Gasteiger partial charge in [0.1, 0.15) is 5.52 Å². The molecule has 2 rings (SSSR count). The third-order valence-corrected chi connectivity index (χ3v) is 4.57. The van der Waals surface area contributed by atoms with Crippen molar-refractivity contribution >= 4 is 51.0 Å². The van der Waals surface area contributed by atoms with Crippen molar-refractivity contribution in [3.05, 3.63) is 33.0 Å². The summed E-state index contributed by atoms with van der Waals surface area (Å²) in [5.74, 6) is 0.437. The first-order chi connectivity index (χ1) is 10.3. The van der Waals surface area contributed by atoms with Gasteiger partial charge in [0.25, 0.3) is 5.91 Å². The van der Waals surface area contributed by atoms with Crippen LogP contribution in [-0.2, 0) is 4.79 Å². The van der Waals surface area contributed by atoms with Gasteiger partial charge in [-0.05, 0) is 61.1 Å². The van der Waals surface area contributed by atoms with E-state index < -0.39 is 0 Å². The van der Waals surface area contributed by atoms with Crippen molar-refractivity contribution in [3.63, 3.8) is 0 Å². The minimum Gasteiger partial charge on any atom is -0.480 e. The number of hydrogen-bond donors (Lipinski definition) is 1. The molecule has 1 N–H and O–H groups in total. The van der Waals surface area contributed by atoms with Crippen molar-refractivity contribution in [2.75, 3.05) is 6.61 Å². The molecule has 4 nitrogen and oxygen atoms in total. The first-order valence-corrected chi connectivity index (χ1v) is 8.46. The lowest BCUT2D eigenvalue weighted by atomic mass is 10.0. The molecule has 0 spiro atoms. The Morgan fingerprint density at radius 2 is 2.23 bits per heavy atom. The number of carbonyl (C=O) groups excluding carboxylic acids is 1. The molecule has 0 aliphatic heterocycles. The zero-order chi connectivity index (χ0) is 16.3. The van der Waals surface area contributed by atoms with E-state index in [-0.39, 0.29) is 18.1 Å². The number of ether oxygens (including phenoxy) is 1. The Hall–Kier alpha value is -1.08. The van der Waals surface area contributed by atoms with Gasteiger partial charge in [0.15, 0.2) is 12.4 Å². The van der Waals surface area contributed by atoms with Crippen LogP contribution in [0.25, 0.3) is 10.9 Å². The second-order valence-corrected chi connectivity index (χ2v) is 7.21. The third kappa shape index (κ3) is 4.01. The van der Waals surface area contributed by atoms with Gasteiger partial charge < -0.3 is 10.1 Å². The van der Waals surface area contributed by atoms with E-state index in [1.165, 1.54) is 0 Å². The van der Waals surface area contributed by atoms with Crippen molar-refractivity contribution < 1.29 is 9.53 Å². The van der Waals surface area contributed by atoms with Crippen molar-refractivity contribution in [3.8, 4) is 5.75 Å². The molecule has 1 heterocycles. The number of carbonyl (C=O) groups is 1. The van der Waals surface area contributed by atoms with Gasteiger partial charge in [0.2, 0.25) is 0 Å². The normalized spacial score (nSPS) is 11.5. The van der Waals surface area contributed by atoms with Crippen molar-refractivity contribution in [2.24, 2.45) is 0 Å². The molecular weight excluding hydrogens is 415 g/mol. The van der Waals surface area contributed by atoms with Gasteiger partial charge in [-0.15, -0.1) is 0 Å². The molecule has 0 saturated heterocycles. The number of halogens is 2. The standard InChI is InChI=1S/C16H18ClIN2O2/c1-4-16(2,3)20-13(21)9-22-15-12(18)8-11(17)10-6-5-7-19-14(10)15/h5-8H,4,9H2,1-3H3,(H,20,21). The maximum Gasteiger partial charge on any atom is 0.258 e. The van der Waals surface area contributed by atoms with E-state index in [1.54, 1.807) is 6.20 Å². The van der Waals surface area contributed by atoms with E-state index in [0.717, 1.165) is 15.4 Å². The van der Waals surface area contributed by atoms with Crippen molar-refractivity contribution in [1.82, 2.24) is 10.3 Å². The first-order valence-electron chi connectivity index (χ1n) is 7.00. The molecule has 0 saturated carbocycles. The molecule has 1 amide bonds. The molecular formula is C16H18ClIN2O2. The zero-order valence-electron chi connectivity index (χ0n) is 12.7. The van der Waals surface area contributed by atoms with Gasteiger partial charge in [-0.3, -0.25) is 9.78 Å². The first kappa shape index (κ1) is 17.3. The summed E-state index contributed by atoms with van der Waals surface area (Å²) in [5, 5.41) is 4.38. The Morgan fingerprint density at radius 1 is 1.50 bits per heavy atom. The van der Waals surface area contributed by atoms with Gasteiger partial charge in [-0.25, -0.2) is 0 Å². The molecule has 0 bridgehead atoms. The topological polar surface area (TPSA) is 51.2 Å². The highest BCUT2D eigenvalue weighted by Gasteiger charge is 2.19. The average Bonchev–Trinajstić information content (AvgIpc) is 2.46. The lowest BCUT2D eigenvalue weighted by Gasteiger charge is -2.24. The van der Waals surface area contributed by atoms with Crippen LogP contribution in [0.1, 0.15) is 27.2 Å². The number of nitrogens with zero attached hydrogens (tertiary/aromatic N) is 1. The Balaban J connectivity index is 2.20. The van der Waals surface area contributed by atoms with Crippen LogP contribution in [0.4, 0.5) is 0 Å². The van der Waals surface area contributed by atoms with Gasteiger partial charge in [-0.2, -0.15) is 0 Å². The summed E-state index contributed by atoms with van der Waals surface area (Å²) in [6, 6.07) is 5.52. The van der Waals surface area contributed by atoms with Gasteiger partial charge in [0, 0.05) is 17.1 Å². The molecule has 1 aromatic carbocycles. The van der Waals surface area contributed by atoms with Gasteiger partial charge in [-0.1, -0.05) is 18.5 Å². The Bertz CT molecular complexity index is 704. The van der Waals surface area contributed by atoms with Crippen LogP contribution in [0, 0.1) is 3.57 Å². The second-order valence-electron chi connectivity index (χ2n) is 5.64. The lowest BCUT2D eigenvalue weighted by molar-refractivity contribution is -0.124. The molecule has 0 aliphatic rings. The summed E-state index contributed by atoms with van der Waals surface area (Å²) in [4.78, 5) is 16.3. The van der Waals surface area contributed by atoms with Gasteiger partial charge in [0.05, 0.1) is 8.59 Å². The Morgan fingerprint density at radius 3 is 2.91 bits per heavy atom. The number of pyridine rings is 1. The van der Waals surface area contributed by atoms with E-state index in [0.29, 0.717) is 16.3 Å². The van der Waals surface area contributed by atoms with E-state index in [9.17, 15) is 4.79 Å². The minimum atomic E-state index is -0.242. The van der Waals surface area contributed by atoms with Crippen molar-refractivity contribution in [1.29, 1.82) is 0 Å². The van der Waals surface area contributed by atoms with E-state index >= 15 is 0 Å². The lowest BCUT2D eigenvalue weighted by Crippen LogP contribution is -2.44. The summed E-state index contributed by atoms with van der Waals surface area (Å²) in [5.41, 5.74) is 0.426. The summed E-state index contributed by atoms with van der Waals surface area (Å²) in [6.45, 7) is 5.94. The molecule has 0 radical (unpaired) electrons. The number of benzene rings is 1. The monoisotopic (exact) mass is 432 g/mol. The summed E-state index contributed by atoms with van der Waals surface area (Å²) < 4.78 is 6.55. The Kier molecular flexibility index (Phi) is 5.50. The fourth-order valence-corrected chi connectivity index (χ4v) is 3.09. The highest BCUT2D eigenvalue weighted by Crippen LogP contribution is 2.34. The summed E-state index contributed by atoms with van der Waals surface area (Å²) >= 11 is 8.36. The number of fused-ring (bicyclic) bond motifs is 1. The number of amides is 1. The molecule has 0 aliphatic carbocycles. The molecule has 118 valence electrons. The zero-order valence-corrected chi connectivity index (χ0v) is 15.7. The number of aromatic nitrogens is 1. The maximum atomic E-state index is 12.0. The van der Waals surface area contributed by atoms with Crippen LogP contribution >= 0.6 is 34.2 Å². The molecule has 2 aromatic rings. The molecule has 0 fully saturated rings. The molecule has 22 heavy (non-hydrogen) atoms. The van der Waals surface area contributed by atoms with Crippen LogP contribution in [0.2, 0.25) is 5.02 Å². The summed E-state index contributed by atoms with van der Waals surface area (Å²) in [6.07, 6.45) is 2.53. The highest BCUT2D eigenvalue weighted by atomic mass is 127. The maximum absolute atomic E-state index is 12.0. The minimum absolute atomic E-state index is 0.0489. The van der Waals surface area contributed by atoms with E-state index in [1.807, 2.05) is 39.0 Å². The SMILES string of the molecule is CCC(C)(C)NC(=O)COc1c(I)cc(Cl)c2cccnc12. The molecule has 1 aromatic heterocycles. The third-order valence-electron chi connectivity index (χ3n) is 3.46. The number of hydrogen-bond acceptors (Lipinski definition) is 3. The van der Waals surface area contributed by atoms with Crippen LogP contribution in [0.15, 0.2) is 24.4 Å². The van der Waals surface area contributed by atoms with Crippen LogP contribution in [-0.4, -0.2) is 23.0 Å². The molecule has 6 heteroatoms. The summed E-state index contributed by atoms with van der Waals surface area (Å²) in [7, 11) is 0. The van der Waals surface area contributed by atoms with Crippen LogP contribution < -0.4 is 10.1 Å².